The molecule has 0 atom stereocenters. The van der Waals surface area contributed by atoms with E-state index in [0.717, 1.165) is 13.0 Å². The van der Waals surface area contributed by atoms with E-state index in [-0.39, 0.29) is 12.4 Å². The molecule has 0 aromatic carbocycles. The van der Waals surface area contributed by atoms with Crippen LogP contribution >= 0.6 is 0 Å². The Bertz CT molecular complexity index is 300. The van der Waals surface area contributed by atoms with Crippen LogP contribution in [-0.2, 0) is 0 Å². The summed E-state index contributed by atoms with van der Waals surface area (Å²) in [4.78, 5) is 0. The lowest BCUT2D eigenvalue weighted by molar-refractivity contribution is -0.910. The van der Waals surface area contributed by atoms with Gasteiger partial charge in [-0.1, -0.05) is 117 Å². The Labute approximate surface area is 204 Å². The molecule has 2 nitrogen and oxygen atoms in total. The Morgan fingerprint density at radius 1 is 0.419 bits per heavy atom. The predicted octanol–water partition coefficient (Wildman–Crippen LogP) is 5.66. The van der Waals surface area contributed by atoms with Gasteiger partial charge in [-0.05, 0) is 25.7 Å². The maximum atomic E-state index is 9.31. The van der Waals surface area contributed by atoms with Gasteiger partial charge in [0.25, 0.3) is 0 Å². The lowest BCUT2D eigenvalue weighted by atomic mass is 10.1. The summed E-state index contributed by atoms with van der Waals surface area (Å²) in [6.07, 6.45) is 29.3. The molecule has 0 aromatic rings. The zero-order chi connectivity index (χ0) is 22.2. The quantitative estimate of drug-likeness (QED) is 0.137. The molecular weight excluding hydrogens is 402 g/mol. The molecule has 1 N–H and O–H groups in total. The van der Waals surface area contributed by atoms with Crippen LogP contribution in [0.5, 0.6) is 0 Å². The van der Waals surface area contributed by atoms with E-state index in [9.17, 15) is 5.11 Å². The minimum Gasteiger partial charge on any atom is -1.00 e. The van der Waals surface area contributed by atoms with Gasteiger partial charge in [0.1, 0.15) is 0 Å². The van der Waals surface area contributed by atoms with Gasteiger partial charge in [0.2, 0.25) is 0 Å². The van der Waals surface area contributed by atoms with Crippen LogP contribution in [0.2, 0.25) is 0 Å². The number of nitrogens with zero attached hydrogens (tertiary/aromatic N) is 1. The minimum atomic E-state index is 0. The Morgan fingerprint density at radius 3 is 0.968 bits per heavy atom. The minimum absolute atomic E-state index is 0. The molecule has 0 aliphatic carbocycles. The highest BCUT2D eigenvalue weighted by molar-refractivity contribution is 4.51. The van der Waals surface area contributed by atoms with Gasteiger partial charge >= 0.3 is 0 Å². The van der Waals surface area contributed by atoms with Gasteiger partial charge in [-0.2, -0.15) is 0 Å². The lowest BCUT2D eigenvalue weighted by Gasteiger charge is -2.35. The second-order valence-electron chi connectivity index (χ2n) is 10.2. The SMILES string of the molecule is CCCCCCCCCCCC[N+](C)(CCCO)CCCCCCCCCCCC.[Cl-]. The van der Waals surface area contributed by atoms with E-state index in [1.807, 2.05) is 0 Å². The topological polar surface area (TPSA) is 20.2 Å². The smallest absolute Gasteiger partial charge is 0.0806 e. The van der Waals surface area contributed by atoms with Crippen molar-refractivity contribution in [2.75, 3.05) is 33.3 Å². The number of rotatable bonds is 25. The third-order valence-corrected chi connectivity index (χ3v) is 6.96. The van der Waals surface area contributed by atoms with Crippen molar-refractivity contribution >= 4 is 0 Å². The highest BCUT2D eigenvalue weighted by Gasteiger charge is 2.19. The lowest BCUT2D eigenvalue weighted by Crippen LogP contribution is -3.00. The number of aliphatic hydroxyl groups is 1. The monoisotopic (exact) mass is 461 g/mol. The first kappa shape index (κ1) is 33.4. The summed E-state index contributed by atoms with van der Waals surface area (Å²) in [5.74, 6) is 0. The van der Waals surface area contributed by atoms with Gasteiger partial charge in [0.05, 0.1) is 26.7 Å². The van der Waals surface area contributed by atoms with E-state index in [1.54, 1.807) is 0 Å². The summed E-state index contributed by atoms with van der Waals surface area (Å²) >= 11 is 0. The van der Waals surface area contributed by atoms with E-state index in [1.165, 1.54) is 146 Å². The molecule has 190 valence electrons. The first-order valence-corrected chi connectivity index (χ1v) is 14.1. The number of quaternary nitrogens is 1. The first-order chi connectivity index (χ1) is 14.7. The van der Waals surface area contributed by atoms with E-state index < -0.39 is 0 Å². The van der Waals surface area contributed by atoms with Crippen molar-refractivity contribution < 1.29 is 22.0 Å². The summed E-state index contributed by atoms with van der Waals surface area (Å²) in [5.41, 5.74) is 0. The molecule has 0 unspecified atom stereocenters. The fourth-order valence-corrected chi connectivity index (χ4v) is 4.75. The maximum absolute atomic E-state index is 9.31. The van der Waals surface area contributed by atoms with Crippen LogP contribution in [0.4, 0.5) is 0 Å². The number of hydrogen-bond donors (Lipinski definition) is 1. The molecule has 0 saturated heterocycles. The van der Waals surface area contributed by atoms with Crippen molar-refractivity contribution in [3.63, 3.8) is 0 Å². The van der Waals surface area contributed by atoms with Crippen LogP contribution in [0.3, 0.4) is 0 Å². The van der Waals surface area contributed by atoms with Crippen molar-refractivity contribution in [1.29, 1.82) is 0 Å². The van der Waals surface area contributed by atoms with Crippen molar-refractivity contribution in [1.82, 2.24) is 0 Å². The molecule has 0 rings (SSSR count). The zero-order valence-corrected chi connectivity index (χ0v) is 22.7. The molecular formula is C28H60ClNO. The molecule has 0 spiro atoms. The fourth-order valence-electron chi connectivity index (χ4n) is 4.75. The molecule has 0 aliphatic rings. The van der Waals surface area contributed by atoms with Crippen LogP contribution in [0.1, 0.15) is 149 Å². The summed E-state index contributed by atoms with van der Waals surface area (Å²) in [6, 6.07) is 0. The van der Waals surface area contributed by atoms with Gasteiger partial charge in [0.15, 0.2) is 0 Å². The average molecular weight is 462 g/mol. The summed E-state index contributed by atoms with van der Waals surface area (Å²) in [7, 11) is 2.44. The van der Waals surface area contributed by atoms with E-state index in [2.05, 4.69) is 20.9 Å². The summed E-state index contributed by atoms with van der Waals surface area (Å²) in [5, 5.41) is 9.31. The van der Waals surface area contributed by atoms with Gasteiger partial charge in [0, 0.05) is 13.0 Å². The van der Waals surface area contributed by atoms with Crippen LogP contribution in [-0.4, -0.2) is 42.9 Å². The molecule has 31 heavy (non-hydrogen) atoms. The largest absolute Gasteiger partial charge is 1.00 e. The molecule has 0 saturated carbocycles. The van der Waals surface area contributed by atoms with Crippen LogP contribution in [0, 0.1) is 0 Å². The molecule has 0 aliphatic heterocycles. The van der Waals surface area contributed by atoms with Crippen LogP contribution in [0.25, 0.3) is 0 Å². The fraction of sp³-hybridized carbons (Fsp3) is 1.00. The molecule has 0 amide bonds. The predicted molar refractivity (Wildman–Crippen MR) is 136 cm³/mol. The third kappa shape index (κ3) is 24.7. The highest BCUT2D eigenvalue weighted by atomic mass is 35.5. The normalized spacial score (nSPS) is 11.6. The molecule has 0 aromatic heterocycles. The van der Waals surface area contributed by atoms with Crippen LogP contribution < -0.4 is 12.4 Å². The van der Waals surface area contributed by atoms with Gasteiger partial charge < -0.3 is 22.0 Å². The number of halogens is 1. The van der Waals surface area contributed by atoms with E-state index in [4.69, 9.17) is 0 Å². The van der Waals surface area contributed by atoms with Gasteiger partial charge in [-0.3, -0.25) is 0 Å². The first-order valence-electron chi connectivity index (χ1n) is 14.1. The highest BCUT2D eigenvalue weighted by Crippen LogP contribution is 2.16. The molecule has 0 heterocycles. The average Bonchev–Trinajstić information content (AvgIpc) is 2.75. The van der Waals surface area contributed by atoms with Gasteiger partial charge in [-0.15, -0.1) is 0 Å². The Balaban J connectivity index is 0. The second-order valence-corrected chi connectivity index (χ2v) is 10.2. The summed E-state index contributed by atoms with van der Waals surface area (Å²) in [6.45, 7) is 8.73. The van der Waals surface area contributed by atoms with E-state index in [0.29, 0.717) is 6.61 Å². The molecule has 0 fully saturated rings. The Kier molecular flexibility index (Phi) is 28.5. The molecule has 0 bridgehead atoms. The zero-order valence-electron chi connectivity index (χ0n) is 22.0. The third-order valence-electron chi connectivity index (χ3n) is 6.96. The summed E-state index contributed by atoms with van der Waals surface area (Å²) < 4.78 is 1.19. The van der Waals surface area contributed by atoms with Crippen LogP contribution in [0.15, 0.2) is 0 Å². The Hall–Kier alpha value is 0.210. The number of hydrogen-bond acceptors (Lipinski definition) is 1. The maximum Gasteiger partial charge on any atom is 0.0806 e. The van der Waals surface area contributed by atoms with Gasteiger partial charge in [-0.25, -0.2) is 0 Å². The number of aliphatic hydroxyl groups excluding tert-OH is 1. The van der Waals surface area contributed by atoms with Crippen molar-refractivity contribution in [3.8, 4) is 0 Å². The van der Waals surface area contributed by atoms with E-state index >= 15 is 0 Å². The molecule has 0 radical (unpaired) electrons. The Morgan fingerprint density at radius 2 is 0.677 bits per heavy atom. The standard InChI is InChI=1S/C28H60NO.ClH/c1-4-6-8-10-12-14-16-18-20-22-25-29(3,27-24-28-30)26-23-21-19-17-15-13-11-9-7-5-2;/h30H,4-28H2,1-3H3;1H/q+1;/p-1. The second kappa shape index (κ2) is 26.5. The van der Waals surface area contributed by atoms with Crippen molar-refractivity contribution in [2.45, 2.75) is 149 Å². The molecule has 3 heteroatoms. The van der Waals surface area contributed by atoms with Crippen molar-refractivity contribution in [2.24, 2.45) is 0 Å². The number of unbranched alkanes of at least 4 members (excludes halogenated alkanes) is 18. The van der Waals surface area contributed by atoms with Crippen molar-refractivity contribution in [3.05, 3.63) is 0 Å².